The zero-order valence-electron chi connectivity index (χ0n) is 24.5. The molecule has 0 spiro atoms. The molecule has 0 aromatic heterocycles. The summed E-state index contributed by atoms with van der Waals surface area (Å²) in [4.78, 5) is 55.9. The van der Waals surface area contributed by atoms with Gasteiger partial charge in [0.25, 0.3) is 0 Å². The van der Waals surface area contributed by atoms with Crippen LogP contribution in [0, 0.1) is 5.92 Å². The van der Waals surface area contributed by atoms with E-state index in [1.165, 1.54) is 12.1 Å². The van der Waals surface area contributed by atoms with Crippen molar-refractivity contribution in [2.24, 2.45) is 28.1 Å². The van der Waals surface area contributed by atoms with Gasteiger partial charge in [0, 0.05) is 19.4 Å². The Labute approximate surface area is 251 Å². The molecule has 11 N–H and O–H groups in total. The summed E-state index contributed by atoms with van der Waals surface area (Å²) in [5.74, 6) is -3.36. The highest BCUT2D eigenvalue weighted by atomic mass is 16.4. The Balaban J connectivity index is 2.28. The highest BCUT2D eigenvalue weighted by Crippen LogP contribution is 2.13. The molecule has 2 rings (SSSR count). The normalized spacial score (nSPS) is 14.3. The predicted octanol–water partition coefficient (Wildman–Crippen LogP) is 0.143. The first-order valence-electron chi connectivity index (χ1n) is 14.2. The monoisotopic (exact) mass is 597 g/mol. The fourth-order valence-electron chi connectivity index (χ4n) is 4.22. The van der Waals surface area contributed by atoms with Gasteiger partial charge in [-0.25, -0.2) is 4.79 Å². The molecule has 0 aliphatic carbocycles. The highest BCUT2D eigenvalue weighted by Gasteiger charge is 2.31. The summed E-state index contributed by atoms with van der Waals surface area (Å²) in [7, 11) is 0. The first kappa shape index (κ1) is 34.6. The molecule has 0 bridgehead atoms. The number of guanidine groups is 1. The number of aromatic hydroxyl groups is 1. The van der Waals surface area contributed by atoms with Crippen molar-refractivity contribution in [3.05, 3.63) is 65.7 Å². The van der Waals surface area contributed by atoms with Gasteiger partial charge >= 0.3 is 5.97 Å². The van der Waals surface area contributed by atoms with Gasteiger partial charge in [-0.05, 0) is 42.0 Å². The quantitative estimate of drug-likeness (QED) is 0.0702. The number of carboxylic acids is 1. The smallest absolute Gasteiger partial charge is 0.326 e. The average molecular weight is 598 g/mol. The van der Waals surface area contributed by atoms with Crippen LogP contribution in [0.15, 0.2) is 59.6 Å². The maximum Gasteiger partial charge on any atom is 0.326 e. The lowest BCUT2D eigenvalue weighted by Gasteiger charge is -2.26. The molecule has 0 radical (unpaired) electrons. The first-order valence-corrected chi connectivity index (χ1v) is 14.2. The number of nitrogens with zero attached hydrogens (tertiary/aromatic N) is 1. The number of phenols is 1. The Morgan fingerprint density at radius 3 is 1.93 bits per heavy atom. The second-order valence-corrected chi connectivity index (χ2v) is 10.4. The molecule has 0 saturated heterocycles. The number of carbonyl (C=O) groups is 4. The Morgan fingerprint density at radius 1 is 0.814 bits per heavy atom. The van der Waals surface area contributed by atoms with E-state index in [0.717, 1.165) is 5.56 Å². The topological polar surface area (TPSA) is 235 Å². The van der Waals surface area contributed by atoms with Crippen LogP contribution < -0.4 is 33.2 Å². The maximum absolute atomic E-state index is 13.5. The minimum Gasteiger partial charge on any atom is -0.508 e. The van der Waals surface area contributed by atoms with Crippen LogP contribution >= 0.6 is 0 Å². The van der Waals surface area contributed by atoms with E-state index in [0.29, 0.717) is 18.4 Å². The SMILES string of the molecule is CCC(C)C(N)C(=O)NC(CCCN=C(N)N)C(=O)NC(Cc1ccccc1)C(=O)NC(Cc1ccc(O)cc1)C(=O)O. The van der Waals surface area contributed by atoms with Gasteiger partial charge in [-0.3, -0.25) is 19.4 Å². The van der Waals surface area contributed by atoms with Crippen LogP contribution in [0.25, 0.3) is 0 Å². The molecule has 5 atom stereocenters. The summed E-state index contributed by atoms with van der Waals surface area (Å²) in [6.45, 7) is 3.94. The summed E-state index contributed by atoms with van der Waals surface area (Å²) >= 11 is 0. The molecular weight excluding hydrogens is 554 g/mol. The van der Waals surface area contributed by atoms with E-state index in [1.54, 1.807) is 42.5 Å². The van der Waals surface area contributed by atoms with Crippen LogP contribution in [0.4, 0.5) is 0 Å². The van der Waals surface area contributed by atoms with Crippen molar-refractivity contribution in [3.63, 3.8) is 0 Å². The molecule has 3 amide bonds. The number of aliphatic carboxylic acids is 1. The van der Waals surface area contributed by atoms with Gasteiger partial charge in [0.1, 0.15) is 23.9 Å². The lowest BCUT2D eigenvalue weighted by atomic mass is 9.98. The summed E-state index contributed by atoms with van der Waals surface area (Å²) in [6.07, 6.45) is 1.16. The number of nitrogens with one attached hydrogen (secondary N) is 3. The number of nitrogens with two attached hydrogens (primary N) is 3. The third-order valence-corrected chi connectivity index (χ3v) is 7.04. The molecular formula is C30H43N7O6. The van der Waals surface area contributed by atoms with Crippen molar-refractivity contribution in [1.29, 1.82) is 0 Å². The number of benzene rings is 2. The van der Waals surface area contributed by atoms with Crippen molar-refractivity contribution < 1.29 is 29.4 Å². The van der Waals surface area contributed by atoms with Crippen LogP contribution in [-0.4, -0.2) is 70.6 Å². The van der Waals surface area contributed by atoms with Crippen molar-refractivity contribution in [2.45, 2.75) is 70.1 Å². The Hall–Kier alpha value is -4.65. The maximum atomic E-state index is 13.5. The van der Waals surface area contributed by atoms with E-state index in [2.05, 4.69) is 20.9 Å². The number of amides is 3. The largest absolute Gasteiger partial charge is 0.508 e. The van der Waals surface area contributed by atoms with E-state index in [1.807, 2.05) is 13.8 Å². The Kier molecular flexibility index (Phi) is 13.9. The van der Waals surface area contributed by atoms with E-state index < -0.39 is 47.9 Å². The molecule has 0 fully saturated rings. The number of hydrogen-bond acceptors (Lipinski definition) is 7. The number of carboxylic acid groups (broad SMARTS) is 1. The van der Waals surface area contributed by atoms with E-state index >= 15 is 0 Å². The minimum atomic E-state index is -1.31. The molecule has 0 aliphatic heterocycles. The lowest BCUT2D eigenvalue weighted by Crippen LogP contribution is -2.58. The number of phenolic OH excluding ortho intramolecular Hbond substituents is 1. The molecule has 13 nitrogen and oxygen atoms in total. The predicted molar refractivity (Wildman–Crippen MR) is 163 cm³/mol. The van der Waals surface area contributed by atoms with Crippen LogP contribution in [-0.2, 0) is 32.0 Å². The minimum absolute atomic E-state index is 0.0235. The average Bonchev–Trinajstić information content (AvgIpc) is 2.98. The fourth-order valence-corrected chi connectivity index (χ4v) is 4.22. The lowest BCUT2D eigenvalue weighted by molar-refractivity contribution is -0.142. The van der Waals surface area contributed by atoms with Gasteiger partial charge in [-0.1, -0.05) is 62.7 Å². The molecule has 2 aromatic rings. The molecule has 43 heavy (non-hydrogen) atoms. The van der Waals surface area contributed by atoms with Gasteiger partial charge in [0.05, 0.1) is 6.04 Å². The number of rotatable bonds is 17. The zero-order valence-corrected chi connectivity index (χ0v) is 24.5. The van der Waals surface area contributed by atoms with Crippen molar-refractivity contribution in [3.8, 4) is 5.75 Å². The second kappa shape index (κ2) is 17.3. The van der Waals surface area contributed by atoms with Crippen LogP contribution in [0.2, 0.25) is 0 Å². The summed E-state index contributed by atoms with van der Waals surface area (Å²) in [6, 6.07) is 10.5. The molecule has 0 aliphatic rings. The Bertz CT molecular complexity index is 1240. The second-order valence-electron chi connectivity index (χ2n) is 10.4. The summed E-state index contributed by atoms with van der Waals surface area (Å²) in [5.41, 5.74) is 18.2. The van der Waals surface area contributed by atoms with Crippen LogP contribution in [0.1, 0.15) is 44.2 Å². The van der Waals surface area contributed by atoms with E-state index in [9.17, 15) is 29.4 Å². The van der Waals surface area contributed by atoms with E-state index in [-0.39, 0.29) is 43.4 Å². The molecule has 234 valence electrons. The van der Waals surface area contributed by atoms with Gasteiger partial charge in [0.15, 0.2) is 5.96 Å². The third kappa shape index (κ3) is 12.0. The van der Waals surface area contributed by atoms with E-state index in [4.69, 9.17) is 17.2 Å². The fraction of sp³-hybridized carbons (Fsp3) is 0.433. The first-order chi connectivity index (χ1) is 20.4. The Morgan fingerprint density at radius 2 is 1.35 bits per heavy atom. The number of hydrogen-bond donors (Lipinski definition) is 8. The highest BCUT2D eigenvalue weighted by molar-refractivity contribution is 5.94. The zero-order chi connectivity index (χ0) is 31.9. The molecule has 5 unspecified atom stereocenters. The molecule has 0 saturated carbocycles. The number of aliphatic imine (C=N–C) groups is 1. The molecule has 0 heterocycles. The summed E-state index contributed by atoms with van der Waals surface area (Å²) in [5, 5.41) is 27.3. The van der Waals surface area contributed by atoms with Crippen LogP contribution in [0.5, 0.6) is 5.75 Å². The van der Waals surface area contributed by atoms with Gasteiger partial charge in [0.2, 0.25) is 17.7 Å². The van der Waals surface area contributed by atoms with Gasteiger partial charge in [-0.2, -0.15) is 0 Å². The number of carbonyl (C=O) groups excluding carboxylic acids is 3. The summed E-state index contributed by atoms with van der Waals surface area (Å²) < 4.78 is 0. The van der Waals surface area contributed by atoms with Crippen molar-refractivity contribution >= 4 is 29.7 Å². The van der Waals surface area contributed by atoms with Gasteiger partial charge in [-0.15, -0.1) is 0 Å². The third-order valence-electron chi connectivity index (χ3n) is 7.04. The van der Waals surface area contributed by atoms with Crippen molar-refractivity contribution in [2.75, 3.05) is 6.54 Å². The molecule has 13 heteroatoms. The van der Waals surface area contributed by atoms with Crippen LogP contribution in [0.3, 0.4) is 0 Å². The standard InChI is InChI=1S/C30H43N7O6/c1-3-18(2)25(31)28(41)35-22(10-7-15-34-30(32)33)26(39)36-23(16-19-8-5-4-6-9-19)27(40)37-24(29(42)43)17-20-11-13-21(38)14-12-20/h4-6,8-9,11-14,18,22-25,38H,3,7,10,15-17,31H2,1-2H3,(H,35,41)(H,36,39)(H,37,40)(H,42,43)(H4,32,33,34). The molecule has 2 aromatic carbocycles. The van der Waals surface area contributed by atoms with Gasteiger partial charge < -0.3 is 43.4 Å². The van der Waals surface area contributed by atoms with Crippen molar-refractivity contribution in [1.82, 2.24) is 16.0 Å².